The molecular formula is C22H25ClO4. The summed E-state index contributed by atoms with van der Waals surface area (Å²) in [6, 6.07) is 9.20. The highest BCUT2D eigenvalue weighted by atomic mass is 35.5. The van der Waals surface area contributed by atoms with E-state index in [-0.39, 0.29) is 17.2 Å². The van der Waals surface area contributed by atoms with E-state index in [1.165, 1.54) is 0 Å². The first-order valence-electron chi connectivity index (χ1n) is 9.44. The van der Waals surface area contributed by atoms with Crippen molar-refractivity contribution in [3.63, 3.8) is 0 Å². The lowest BCUT2D eigenvalue weighted by Crippen LogP contribution is -2.31. The van der Waals surface area contributed by atoms with Crippen molar-refractivity contribution in [3.8, 4) is 5.75 Å². The van der Waals surface area contributed by atoms with Gasteiger partial charge in [0.2, 0.25) is 0 Å². The standard InChI is InChI=1S/C22H25ClO4/c1-3-10-22(11-5-12-26-22)20-18(24)14-19(27-21(20)25)16(4-2)13-15-6-8-17(23)9-7-15/h5-9,12,14,16,24H,3-4,10-11,13H2,1-2H3. The molecule has 1 aromatic heterocycles. The second-order valence-electron chi connectivity index (χ2n) is 7.07. The van der Waals surface area contributed by atoms with Crippen molar-refractivity contribution in [3.05, 3.63) is 75.0 Å². The maximum atomic E-state index is 12.8. The van der Waals surface area contributed by atoms with Crippen LogP contribution in [0.2, 0.25) is 5.02 Å². The molecule has 27 heavy (non-hydrogen) atoms. The van der Waals surface area contributed by atoms with E-state index in [9.17, 15) is 9.90 Å². The summed E-state index contributed by atoms with van der Waals surface area (Å²) in [6.45, 7) is 4.06. The Labute approximate surface area is 164 Å². The summed E-state index contributed by atoms with van der Waals surface area (Å²) < 4.78 is 11.4. The third-order valence-corrected chi connectivity index (χ3v) is 5.44. The highest BCUT2D eigenvalue weighted by Gasteiger charge is 2.40. The maximum Gasteiger partial charge on any atom is 0.347 e. The Kier molecular flexibility index (Phi) is 5.95. The molecule has 5 heteroatoms. The smallest absolute Gasteiger partial charge is 0.347 e. The number of rotatable bonds is 7. The van der Waals surface area contributed by atoms with E-state index < -0.39 is 11.2 Å². The lowest BCUT2D eigenvalue weighted by molar-refractivity contribution is 0.0256. The van der Waals surface area contributed by atoms with E-state index in [4.69, 9.17) is 20.8 Å². The average Bonchev–Trinajstić information content (AvgIpc) is 3.10. The Morgan fingerprint density at radius 3 is 2.56 bits per heavy atom. The number of ether oxygens (including phenoxy) is 1. The molecule has 2 unspecified atom stereocenters. The highest BCUT2D eigenvalue weighted by molar-refractivity contribution is 6.30. The molecule has 0 fully saturated rings. The third-order valence-electron chi connectivity index (χ3n) is 5.19. The number of benzene rings is 1. The van der Waals surface area contributed by atoms with E-state index in [2.05, 4.69) is 0 Å². The number of aromatic hydroxyl groups is 1. The number of hydrogen-bond donors (Lipinski definition) is 1. The van der Waals surface area contributed by atoms with Crippen molar-refractivity contribution < 1.29 is 14.3 Å². The molecule has 1 aliphatic rings. The molecule has 0 saturated heterocycles. The van der Waals surface area contributed by atoms with Crippen molar-refractivity contribution in [2.75, 3.05) is 0 Å². The van der Waals surface area contributed by atoms with Crippen molar-refractivity contribution >= 4 is 11.6 Å². The quantitative estimate of drug-likeness (QED) is 0.664. The van der Waals surface area contributed by atoms with Crippen LogP contribution in [0.5, 0.6) is 5.75 Å². The van der Waals surface area contributed by atoms with Crippen LogP contribution in [0.1, 0.15) is 62.3 Å². The minimum absolute atomic E-state index is 0.0106. The molecular weight excluding hydrogens is 364 g/mol. The predicted molar refractivity (Wildman–Crippen MR) is 106 cm³/mol. The van der Waals surface area contributed by atoms with Crippen LogP contribution in [0.4, 0.5) is 0 Å². The van der Waals surface area contributed by atoms with E-state index >= 15 is 0 Å². The topological polar surface area (TPSA) is 59.7 Å². The van der Waals surface area contributed by atoms with Gasteiger partial charge in [-0.1, -0.05) is 44.0 Å². The van der Waals surface area contributed by atoms with Gasteiger partial charge in [0.05, 0.1) is 6.26 Å². The fraction of sp³-hybridized carbons (Fsp3) is 0.409. The van der Waals surface area contributed by atoms with Gasteiger partial charge < -0.3 is 14.3 Å². The molecule has 1 aromatic carbocycles. The lowest BCUT2D eigenvalue weighted by Gasteiger charge is -2.28. The van der Waals surface area contributed by atoms with Crippen LogP contribution in [-0.4, -0.2) is 5.11 Å². The number of halogens is 1. The minimum atomic E-state index is -0.824. The van der Waals surface area contributed by atoms with Crippen LogP contribution in [0.3, 0.4) is 0 Å². The molecule has 1 N–H and O–H groups in total. The molecule has 1 aliphatic heterocycles. The summed E-state index contributed by atoms with van der Waals surface area (Å²) >= 11 is 5.95. The Hall–Kier alpha value is -2.20. The molecule has 0 amide bonds. The Morgan fingerprint density at radius 1 is 1.26 bits per heavy atom. The molecule has 2 heterocycles. The first-order valence-corrected chi connectivity index (χ1v) is 9.81. The summed E-state index contributed by atoms with van der Waals surface area (Å²) in [7, 11) is 0. The van der Waals surface area contributed by atoms with Crippen molar-refractivity contribution in [2.45, 2.75) is 57.5 Å². The molecule has 0 radical (unpaired) electrons. The highest BCUT2D eigenvalue weighted by Crippen LogP contribution is 2.42. The minimum Gasteiger partial charge on any atom is -0.507 e. The number of hydrogen-bond acceptors (Lipinski definition) is 4. The largest absolute Gasteiger partial charge is 0.507 e. The molecule has 2 atom stereocenters. The summed E-state index contributed by atoms with van der Waals surface area (Å²) in [5.74, 6) is 0.438. The summed E-state index contributed by atoms with van der Waals surface area (Å²) in [5.41, 5.74) is -0.0186. The van der Waals surface area contributed by atoms with Crippen LogP contribution in [0.15, 0.2) is 51.9 Å². The van der Waals surface area contributed by atoms with Gasteiger partial charge >= 0.3 is 5.63 Å². The van der Waals surface area contributed by atoms with Crippen molar-refractivity contribution in [1.29, 1.82) is 0 Å². The van der Waals surface area contributed by atoms with E-state index in [1.807, 2.05) is 44.2 Å². The van der Waals surface area contributed by atoms with Crippen LogP contribution in [0.25, 0.3) is 0 Å². The SMILES string of the molecule is CCCC1(c2c(O)cc(C(CC)Cc3ccc(Cl)cc3)oc2=O)CC=CO1. The summed E-state index contributed by atoms with van der Waals surface area (Å²) in [4.78, 5) is 12.8. The average molecular weight is 389 g/mol. The van der Waals surface area contributed by atoms with Crippen LogP contribution in [-0.2, 0) is 16.8 Å². The Balaban J connectivity index is 1.93. The second-order valence-corrected chi connectivity index (χ2v) is 7.51. The maximum absolute atomic E-state index is 12.8. The summed E-state index contributed by atoms with van der Waals surface area (Å²) in [5, 5.41) is 11.4. The van der Waals surface area contributed by atoms with E-state index in [0.717, 1.165) is 18.4 Å². The van der Waals surface area contributed by atoms with Gasteiger partial charge in [-0.2, -0.15) is 0 Å². The predicted octanol–water partition coefficient (Wildman–Crippen LogP) is 5.66. The van der Waals surface area contributed by atoms with Crippen molar-refractivity contribution in [2.24, 2.45) is 0 Å². The second kappa shape index (κ2) is 8.22. The first kappa shape index (κ1) is 19.6. The molecule has 3 rings (SSSR count). The van der Waals surface area contributed by atoms with Gasteiger partial charge in [0.15, 0.2) is 0 Å². The lowest BCUT2D eigenvalue weighted by atomic mass is 9.86. The van der Waals surface area contributed by atoms with E-state index in [0.29, 0.717) is 30.0 Å². The zero-order chi connectivity index (χ0) is 19.4. The van der Waals surface area contributed by atoms with E-state index in [1.54, 1.807) is 12.3 Å². The normalized spacial score (nSPS) is 19.8. The molecule has 4 nitrogen and oxygen atoms in total. The summed E-state index contributed by atoms with van der Waals surface area (Å²) in [6.07, 6.45) is 6.97. The van der Waals surface area contributed by atoms with Gasteiger partial charge in [-0.25, -0.2) is 4.79 Å². The van der Waals surface area contributed by atoms with Gasteiger partial charge in [-0.05, 0) is 43.0 Å². The molecule has 0 spiro atoms. The van der Waals surface area contributed by atoms with Gasteiger partial charge in [-0.3, -0.25) is 0 Å². The Morgan fingerprint density at radius 2 is 2.00 bits per heavy atom. The Bertz CT molecular complexity index is 859. The molecule has 0 aliphatic carbocycles. The fourth-order valence-corrected chi connectivity index (χ4v) is 3.91. The van der Waals surface area contributed by atoms with Gasteiger partial charge in [-0.15, -0.1) is 0 Å². The third kappa shape index (κ3) is 4.06. The van der Waals surface area contributed by atoms with Crippen LogP contribution in [0, 0.1) is 0 Å². The fourth-order valence-electron chi connectivity index (χ4n) is 3.79. The first-order chi connectivity index (χ1) is 13.0. The van der Waals surface area contributed by atoms with Gasteiger partial charge in [0, 0.05) is 23.4 Å². The molecule has 2 aromatic rings. The van der Waals surface area contributed by atoms with Crippen LogP contribution < -0.4 is 5.63 Å². The zero-order valence-corrected chi connectivity index (χ0v) is 16.5. The molecule has 0 saturated carbocycles. The van der Waals surface area contributed by atoms with Crippen molar-refractivity contribution in [1.82, 2.24) is 0 Å². The van der Waals surface area contributed by atoms with Crippen LogP contribution >= 0.6 is 11.6 Å². The molecule has 0 bridgehead atoms. The zero-order valence-electron chi connectivity index (χ0n) is 15.7. The van der Waals surface area contributed by atoms with Gasteiger partial charge in [0.1, 0.15) is 22.7 Å². The molecule has 144 valence electrons. The van der Waals surface area contributed by atoms with Gasteiger partial charge in [0.25, 0.3) is 0 Å². The monoisotopic (exact) mass is 388 g/mol.